The van der Waals surface area contributed by atoms with Gasteiger partial charge in [-0.3, -0.25) is 4.79 Å². The second-order valence-corrected chi connectivity index (χ2v) is 8.05. The molecule has 1 saturated heterocycles. The SMILES string of the molecule is CC1CCC2(CC1)OC[C@@H](CNC(=O)c1scnc1C1CC1)O2. The molecule has 0 bridgehead atoms. The van der Waals surface area contributed by atoms with E-state index < -0.39 is 0 Å². The summed E-state index contributed by atoms with van der Waals surface area (Å²) in [7, 11) is 0. The largest absolute Gasteiger partial charge is 0.349 e. The van der Waals surface area contributed by atoms with E-state index in [9.17, 15) is 4.79 Å². The Morgan fingerprint density at radius 2 is 2.17 bits per heavy atom. The molecule has 1 aromatic rings. The predicted molar refractivity (Wildman–Crippen MR) is 87.6 cm³/mol. The van der Waals surface area contributed by atoms with E-state index in [0.717, 1.165) is 55.0 Å². The smallest absolute Gasteiger partial charge is 0.263 e. The third-order valence-corrected chi connectivity index (χ3v) is 6.05. The van der Waals surface area contributed by atoms with Gasteiger partial charge in [0.05, 0.1) is 17.8 Å². The maximum atomic E-state index is 12.4. The van der Waals surface area contributed by atoms with Crippen molar-refractivity contribution in [3.05, 3.63) is 16.1 Å². The number of carbonyl (C=O) groups excluding carboxylic acids is 1. The van der Waals surface area contributed by atoms with Crippen LogP contribution in [0.3, 0.4) is 0 Å². The Balaban J connectivity index is 1.30. The molecule has 2 heterocycles. The molecular weight excluding hydrogens is 312 g/mol. The standard InChI is InChI=1S/C17H24N2O3S/c1-11-4-6-17(7-5-11)21-9-13(22-17)8-18-16(20)15-14(12-2-3-12)19-10-23-15/h10-13H,2-9H2,1H3,(H,18,20)/t11?,13-,17?/m1/s1. The van der Waals surface area contributed by atoms with Crippen molar-refractivity contribution < 1.29 is 14.3 Å². The molecule has 0 radical (unpaired) electrons. The average Bonchev–Trinajstić information content (AvgIpc) is 3.15. The second kappa shape index (κ2) is 6.15. The molecule has 2 saturated carbocycles. The number of amides is 1. The van der Waals surface area contributed by atoms with Crippen molar-refractivity contribution in [3.8, 4) is 0 Å². The monoisotopic (exact) mass is 336 g/mol. The van der Waals surface area contributed by atoms with Gasteiger partial charge in [-0.05, 0) is 31.6 Å². The Kier molecular flexibility index (Phi) is 4.15. The van der Waals surface area contributed by atoms with E-state index in [0.29, 0.717) is 19.1 Å². The summed E-state index contributed by atoms with van der Waals surface area (Å²) in [5.41, 5.74) is 2.75. The third-order valence-electron chi connectivity index (χ3n) is 5.21. The minimum absolute atomic E-state index is 0.0174. The molecule has 23 heavy (non-hydrogen) atoms. The highest BCUT2D eigenvalue weighted by Gasteiger charge is 2.43. The van der Waals surface area contributed by atoms with Crippen molar-refractivity contribution in [1.29, 1.82) is 0 Å². The zero-order valence-electron chi connectivity index (χ0n) is 13.5. The first-order valence-corrected chi connectivity index (χ1v) is 9.56. The number of hydrogen-bond donors (Lipinski definition) is 1. The maximum absolute atomic E-state index is 12.4. The molecule has 1 atom stereocenters. The lowest BCUT2D eigenvalue weighted by atomic mass is 9.86. The van der Waals surface area contributed by atoms with Gasteiger partial charge in [0, 0.05) is 25.3 Å². The Morgan fingerprint density at radius 3 is 2.91 bits per heavy atom. The van der Waals surface area contributed by atoms with Crippen molar-refractivity contribution >= 4 is 17.2 Å². The zero-order valence-corrected chi connectivity index (χ0v) is 14.4. The molecule has 1 N–H and O–H groups in total. The van der Waals surface area contributed by atoms with Crippen LogP contribution in [-0.2, 0) is 9.47 Å². The number of rotatable bonds is 4. The second-order valence-electron chi connectivity index (χ2n) is 7.20. The lowest BCUT2D eigenvalue weighted by Gasteiger charge is -2.34. The van der Waals surface area contributed by atoms with Gasteiger partial charge in [0.25, 0.3) is 5.91 Å². The normalized spacial score (nSPS) is 34.0. The number of aromatic nitrogens is 1. The summed E-state index contributed by atoms with van der Waals surface area (Å²) in [5, 5.41) is 3.01. The quantitative estimate of drug-likeness (QED) is 0.918. The molecule has 3 fully saturated rings. The number of hydrogen-bond acceptors (Lipinski definition) is 5. The lowest BCUT2D eigenvalue weighted by molar-refractivity contribution is -0.191. The fraction of sp³-hybridized carbons (Fsp3) is 0.765. The number of nitrogens with one attached hydrogen (secondary N) is 1. The van der Waals surface area contributed by atoms with Crippen molar-refractivity contribution in [2.24, 2.45) is 5.92 Å². The highest BCUT2D eigenvalue weighted by atomic mass is 32.1. The minimum Gasteiger partial charge on any atom is -0.349 e. The highest BCUT2D eigenvalue weighted by molar-refractivity contribution is 7.11. The van der Waals surface area contributed by atoms with Crippen LogP contribution in [0.2, 0.25) is 0 Å². The van der Waals surface area contributed by atoms with Gasteiger partial charge < -0.3 is 14.8 Å². The molecule has 1 aliphatic heterocycles. The van der Waals surface area contributed by atoms with Gasteiger partial charge in [-0.15, -0.1) is 11.3 Å². The molecule has 0 unspecified atom stereocenters. The van der Waals surface area contributed by atoms with Gasteiger partial charge >= 0.3 is 0 Å². The van der Waals surface area contributed by atoms with Crippen LogP contribution in [0.4, 0.5) is 0 Å². The highest BCUT2D eigenvalue weighted by Crippen LogP contribution is 2.42. The Bertz CT molecular complexity index is 576. The average molecular weight is 336 g/mol. The predicted octanol–water partition coefficient (Wildman–Crippen LogP) is 3.07. The fourth-order valence-corrected chi connectivity index (χ4v) is 4.33. The summed E-state index contributed by atoms with van der Waals surface area (Å²) >= 11 is 1.44. The fourth-order valence-electron chi connectivity index (χ4n) is 3.54. The summed E-state index contributed by atoms with van der Waals surface area (Å²) in [6, 6.07) is 0. The number of carbonyl (C=O) groups is 1. The van der Waals surface area contributed by atoms with Crippen molar-refractivity contribution in [1.82, 2.24) is 10.3 Å². The molecule has 6 heteroatoms. The van der Waals surface area contributed by atoms with E-state index in [1.807, 2.05) is 0 Å². The van der Waals surface area contributed by atoms with Gasteiger partial charge in [0.2, 0.25) is 0 Å². The molecule has 5 nitrogen and oxygen atoms in total. The van der Waals surface area contributed by atoms with Crippen LogP contribution in [0.15, 0.2) is 5.51 Å². The molecule has 2 aliphatic carbocycles. The van der Waals surface area contributed by atoms with Crippen LogP contribution < -0.4 is 5.32 Å². The van der Waals surface area contributed by atoms with Gasteiger partial charge in [-0.2, -0.15) is 0 Å². The van der Waals surface area contributed by atoms with Crippen molar-refractivity contribution in [2.45, 2.75) is 63.3 Å². The van der Waals surface area contributed by atoms with Gasteiger partial charge in [0.1, 0.15) is 11.0 Å². The van der Waals surface area contributed by atoms with Crippen LogP contribution >= 0.6 is 11.3 Å². The molecule has 4 rings (SSSR count). The van der Waals surface area contributed by atoms with E-state index in [1.54, 1.807) is 5.51 Å². The summed E-state index contributed by atoms with van der Waals surface area (Å²) in [6.45, 7) is 3.37. The Hall–Kier alpha value is -0.980. The van der Waals surface area contributed by atoms with E-state index >= 15 is 0 Å². The van der Waals surface area contributed by atoms with Crippen LogP contribution in [0.25, 0.3) is 0 Å². The summed E-state index contributed by atoms with van der Waals surface area (Å²) in [6.07, 6.45) is 6.54. The maximum Gasteiger partial charge on any atom is 0.263 e. The summed E-state index contributed by atoms with van der Waals surface area (Å²) in [5.74, 6) is 0.862. The summed E-state index contributed by atoms with van der Waals surface area (Å²) in [4.78, 5) is 17.5. The number of ether oxygens (including phenoxy) is 2. The molecule has 1 aromatic heterocycles. The van der Waals surface area contributed by atoms with Gasteiger partial charge in [0.15, 0.2) is 5.79 Å². The molecular formula is C17H24N2O3S. The first-order chi connectivity index (χ1) is 11.2. The first-order valence-electron chi connectivity index (χ1n) is 8.68. The minimum atomic E-state index is -0.383. The van der Waals surface area contributed by atoms with Crippen molar-refractivity contribution in [2.75, 3.05) is 13.2 Å². The van der Waals surface area contributed by atoms with Crippen molar-refractivity contribution in [3.63, 3.8) is 0 Å². The van der Waals surface area contributed by atoms with Crippen LogP contribution in [0.1, 0.15) is 66.7 Å². The van der Waals surface area contributed by atoms with Crippen LogP contribution in [-0.4, -0.2) is 35.9 Å². The molecule has 1 spiro atoms. The topological polar surface area (TPSA) is 60.5 Å². The van der Waals surface area contributed by atoms with E-state index in [4.69, 9.17) is 9.47 Å². The van der Waals surface area contributed by atoms with E-state index in [-0.39, 0.29) is 17.8 Å². The Morgan fingerprint density at radius 1 is 1.39 bits per heavy atom. The molecule has 1 amide bonds. The van der Waals surface area contributed by atoms with Gasteiger partial charge in [-0.1, -0.05) is 6.92 Å². The van der Waals surface area contributed by atoms with E-state index in [2.05, 4.69) is 17.2 Å². The first kappa shape index (κ1) is 15.5. The molecule has 0 aromatic carbocycles. The third kappa shape index (κ3) is 3.30. The van der Waals surface area contributed by atoms with E-state index in [1.165, 1.54) is 11.3 Å². The lowest BCUT2D eigenvalue weighted by Crippen LogP contribution is -2.38. The van der Waals surface area contributed by atoms with Crippen LogP contribution in [0.5, 0.6) is 0 Å². The molecule has 3 aliphatic rings. The molecule has 126 valence electrons. The zero-order chi connectivity index (χ0) is 15.9. The van der Waals surface area contributed by atoms with Crippen LogP contribution in [0, 0.1) is 5.92 Å². The van der Waals surface area contributed by atoms with Gasteiger partial charge in [-0.25, -0.2) is 4.98 Å². The Labute approximate surface area is 140 Å². The number of thiazole rings is 1. The number of nitrogens with zero attached hydrogens (tertiary/aromatic N) is 1. The summed E-state index contributed by atoms with van der Waals surface area (Å²) < 4.78 is 12.1.